The van der Waals surface area contributed by atoms with Gasteiger partial charge in [0.2, 0.25) is 11.7 Å². The van der Waals surface area contributed by atoms with Gasteiger partial charge in [-0.2, -0.15) is 0 Å². The van der Waals surface area contributed by atoms with Crippen molar-refractivity contribution >= 4 is 5.91 Å². The molecule has 0 radical (unpaired) electrons. The van der Waals surface area contributed by atoms with E-state index < -0.39 is 0 Å². The Balaban J connectivity index is 1.68. The van der Waals surface area contributed by atoms with Crippen LogP contribution < -0.4 is 33.2 Å². The van der Waals surface area contributed by atoms with Gasteiger partial charge < -0.3 is 38.1 Å². The number of fused-ring (bicyclic) bond motifs is 1. The van der Waals surface area contributed by atoms with E-state index in [-0.39, 0.29) is 12.3 Å². The summed E-state index contributed by atoms with van der Waals surface area (Å²) >= 11 is 0. The van der Waals surface area contributed by atoms with Crippen molar-refractivity contribution in [1.29, 1.82) is 0 Å². The minimum absolute atomic E-state index is 0.0602. The van der Waals surface area contributed by atoms with Crippen LogP contribution in [0.1, 0.15) is 11.1 Å². The second kappa shape index (κ2) is 11.9. The van der Waals surface area contributed by atoms with E-state index in [1.807, 2.05) is 30.3 Å². The number of benzene rings is 3. The van der Waals surface area contributed by atoms with E-state index in [1.54, 1.807) is 59.7 Å². The first-order chi connectivity index (χ1) is 18.5. The van der Waals surface area contributed by atoms with Gasteiger partial charge in [-0.05, 0) is 47.5 Å². The number of ether oxygens (including phenoxy) is 7. The fraction of sp³-hybridized carbons (Fsp3) is 0.345. The summed E-state index contributed by atoms with van der Waals surface area (Å²) in [6.45, 7) is 1.11. The Morgan fingerprint density at radius 2 is 1.39 bits per heavy atom. The van der Waals surface area contributed by atoms with Crippen molar-refractivity contribution in [3.8, 4) is 51.4 Å². The van der Waals surface area contributed by atoms with E-state index in [0.717, 1.165) is 22.3 Å². The van der Waals surface area contributed by atoms with Crippen LogP contribution in [0.4, 0.5) is 0 Å². The van der Waals surface area contributed by atoms with Crippen LogP contribution in [0.2, 0.25) is 0 Å². The molecule has 1 heterocycles. The highest BCUT2D eigenvalue weighted by atomic mass is 16.5. The monoisotopic (exact) mass is 523 g/mol. The lowest BCUT2D eigenvalue weighted by Crippen LogP contribution is -2.33. The number of amides is 1. The van der Waals surface area contributed by atoms with Crippen molar-refractivity contribution in [1.82, 2.24) is 4.90 Å². The fourth-order valence-corrected chi connectivity index (χ4v) is 4.65. The molecule has 9 nitrogen and oxygen atoms in total. The number of carbonyl (C=O) groups is 1. The van der Waals surface area contributed by atoms with E-state index in [1.165, 1.54) is 0 Å². The maximum absolute atomic E-state index is 13.5. The Kier molecular flexibility index (Phi) is 8.35. The first-order valence-corrected chi connectivity index (χ1v) is 12.1. The molecule has 4 rings (SSSR count). The molecule has 1 aliphatic rings. The van der Waals surface area contributed by atoms with Crippen LogP contribution in [0.15, 0.2) is 42.5 Å². The Morgan fingerprint density at radius 1 is 0.789 bits per heavy atom. The molecule has 202 valence electrons. The first-order valence-electron chi connectivity index (χ1n) is 12.1. The molecule has 0 fully saturated rings. The zero-order valence-electron chi connectivity index (χ0n) is 22.6. The molecule has 3 aromatic carbocycles. The average Bonchev–Trinajstić information content (AvgIpc) is 3.18. The van der Waals surface area contributed by atoms with Gasteiger partial charge >= 0.3 is 0 Å². The molecule has 1 aliphatic heterocycles. The molecule has 0 N–H and O–H groups in total. The minimum atomic E-state index is -0.0602. The minimum Gasteiger partial charge on any atom is -0.496 e. The second-order valence-corrected chi connectivity index (χ2v) is 8.58. The van der Waals surface area contributed by atoms with Gasteiger partial charge in [-0.15, -0.1) is 0 Å². The first kappa shape index (κ1) is 26.8. The third-order valence-electron chi connectivity index (χ3n) is 6.47. The average molecular weight is 524 g/mol. The van der Waals surface area contributed by atoms with Gasteiger partial charge in [-0.3, -0.25) is 4.79 Å². The molecule has 0 saturated carbocycles. The molecular formula is C29H33NO8. The highest BCUT2D eigenvalue weighted by Gasteiger charge is 2.26. The van der Waals surface area contributed by atoms with Gasteiger partial charge in [0.1, 0.15) is 18.1 Å². The van der Waals surface area contributed by atoms with Gasteiger partial charge in [0.15, 0.2) is 23.0 Å². The number of methoxy groups -OCH3 is 6. The van der Waals surface area contributed by atoms with E-state index in [2.05, 4.69) is 0 Å². The van der Waals surface area contributed by atoms with Crippen molar-refractivity contribution < 1.29 is 38.0 Å². The van der Waals surface area contributed by atoms with Crippen LogP contribution in [0.25, 0.3) is 11.1 Å². The van der Waals surface area contributed by atoms with Crippen LogP contribution in [0.3, 0.4) is 0 Å². The Labute approximate surface area is 222 Å². The SMILES string of the molecule is COc1cc(-c2c(OC)cccc2OC)cc2c1OCCN(C(=O)Cc1cc(OC)c(OC)c(OC)c1)C2. The highest BCUT2D eigenvalue weighted by molar-refractivity contribution is 5.81. The predicted octanol–water partition coefficient (Wildman–Crippen LogP) is 4.37. The van der Waals surface area contributed by atoms with Gasteiger partial charge in [0.25, 0.3) is 0 Å². The summed E-state index contributed by atoms with van der Waals surface area (Å²) in [6.07, 6.45) is 0.156. The van der Waals surface area contributed by atoms with E-state index in [9.17, 15) is 4.79 Å². The summed E-state index contributed by atoms with van der Waals surface area (Å²) < 4.78 is 39.3. The zero-order chi connectivity index (χ0) is 27.2. The molecule has 3 aromatic rings. The molecule has 9 heteroatoms. The summed E-state index contributed by atoms with van der Waals surface area (Å²) in [4.78, 5) is 15.3. The molecule has 0 unspecified atom stereocenters. The van der Waals surface area contributed by atoms with E-state index in [0.29, 0.717) is 59.9 Å². The molecule has 0 spiro atoms. The van der Waals surface area contributed by atoms with Crippen molar-refractivity contribution in [2.24, 2.45) is 0 Å². The Morgan fingerprint density at radius 3 is 1.95 bits per heavy atom. The van der Waals surface area contributed by atoms with Gasteiger partial charge in [0.05, 0.1) is 61.2 Å². The Hall–Kier alpha value is -4.27. The number of hydrogen-bond donors (Lipinski definition) is 0. The van der Waals surface area contributed by atoms with Crippen LogP contribution in [-0.2, 0) is 17.8 Å². The van der Waals surface area contributed by atoms with Crippen molar-refractivity contribution in [2.45, 2.75) is 13.0 Å². The van der Waals surface area contributed by atoms with Crippen LogP contribution in [-0.4, -0.2) is 66.6 Å². The maximum Gasteiger partial charge on any atom is 0.227 e. The molecule has 38 heavy (non-hydrogen) atoms. The fourth-order valence-electron chi connectivity index (χ4n) is 4.65. The summed E-state index contributed by atoms with van der Waals surface area (Å²) in [5, 5.41) is 0. The Bertz CT molecular complexity index is 1260. The summed E-state index contributed by atoms with van der Waals surface area (Å²) in [5.74, 6) is 3.94. The maximum atomic E-state index is 13.5. The standard InChI is InChI=1S/C29H33NO8/c1-32-21-8-7-9-22(33-2)27(21)19-15-20-17-30(10-11-38-28(20)25(16-19)36-5)26(31)14-18-12-23(34-3)29(37-6)24(13-18)35-4/h7-9,12-13,15-16H,10-11,14,17H2,1-6H3. The highest BCUT2D eigenvalue weighted by Crippen LogP contribution is 2.44. The van der Waals surface area contributed by atoms with Crippen molar-refractivity contribution in [3.63, 3.8) is 0 Å². The lowest BCUT2D eigenvalue weighted by atomic mass is 9.99. The number of rotatable bonds is 9. The normalized spacial score (nSPS) is 12.5. The lowest BCUT2D eigenvalue weighted by Gasteiger charge is -2.21. The van der Waals surface area contributed by atoms with Crippen LogP contribution in [0, 0.1) is 0 Å². The van der Waals surface area contributed by atoms with Crippen LogP contribution >= 0.6 is 0 Å². The van der Waals surface area contributed by atoms with Crippen LogP contribution in [0.5, 0.6) is 40.2 Å². The largest absolute Gasteiger partial charge is 0.496 e. The second-order valence-electron chi connectivity index (χ2n) is 8.58. The van der Waals surface area contributed by atoms with E-state index in [4.69, 9.17) is 33.2 Å². The van der Waals surface area contributed by atoms with Gasteiger partial charge in [0, 0.05) is 12.1 Å². The van der Waals surface area contributed by atoms with Gasteiger partial charge in [-0.25, -0.2) is 0 Å². The summed E-state index contributed by atoms with van der Waals surface area (Å²) in [5.41, 5.74) is 3.19. The number of carbonyl (C=O) groups excluding carboxylic acids is 1. The summed E-state index contributed by atoms with van der Waals surface area (Å²) in [7, 11) is 9.47. The predicted molar refractivity (Wildman–Crippen MR) is 142 cm³/mol. The summed E-state index contributed by atoms with van der Waals surface area (Å²) in [6, 6.07) is 13.1. The number of hydrogen-bond acceptors (Lipinski definition) is 8. The van der Waals surface area contributed by atoms with Gasteiger partial charge in [-0.1, -0.05) is 6.07 Å². The topological polar surface area (TPSA) is 84.9 Å². The molecule has 0 aromatic heterocycles. The number of nitrogens with zero attached hydrogens (tertiary/aromatic N) is 1. The van der Waals surface area contributed by atoms with Crippen molar-refractivity contribution in [3.05, 3.63) is 53.6 Å². The molecular weight excluding hydrogens is 490 g/mol. The quantitative estimate of drug-likeness (QED) is 0.409. The molecule has 0 bridgehead atoms. The van der Waals surface area contributed by atoms with Crippen molar-refractivity contribution in [2.75, 3.05) is 55.8 Å². The molecule has 0 atom stereocenters. The molecule has 0 saturated heterocycles. The van der Waals surface area contributed by atoms with E-state index >= 15 is 0 Å². The lowest BCUT2D eigenvalue weighted by molar-refractivity contribution is -0.131. The molecule has 1 amide bonds. The third-order valence-corrected chi connectivity index (χ3v) is 6.47. The smallest absolute Gasteiger partial charge is 0.227 e. The zero-order valence-corrected chi connectivity index (χ0v) is 22.6. The third kappa shape index (κ3) is 5.22. The molecule has 0 aliphatic carbocycles.